The molecule has 0 aliphatic rings. The highest BCUT2D eigenvalue weighted by Crippen LogP contribution is 2.22. The molecule has 2 heterocycles. The molecule has 22 heavy (non-hydrogen) atoms. The molecule has 3 rings (SSSR count). The SMILES string of the molecule is COCc1cc(-c2ccc(F)cc2)nc2c(C(=O)O)ncn12. The molecule has 112 valence electrons. The van der Waals surface area contributed by atoms with Crippen LogP contribution in [-0.2, 0) is 11.3 Å². The largest absolute Gasteiger partial charge is 0.476 e. The van der Waals surface area contributed by atoms with Crippen LogP contribution in [0, 0.1) is 5.82 Å². The predicted molar refractivity (Wildman–Crippen MR) is 76.1 cm³/mol. The molecule has 7 heteroatoms. The van der Waals surface area contributed by atoms with Crippen LogP contribution >= 0.6 is 0 Å². The molecule has 0 saturated heterocycles. The minimum atomic E-state index is -1.16. The molecule has 0 aliphatic heterocycles. The van der Waals surface area contributed by atoms with Gasteiger partial charge >= 0.3 is 5.97 Å². The number of aromatic carboxylic acids is 1. The number of rotatable bonds is 4. The molecular formula is C15H12FN3O3. The van der Waals surface area contributed by atoms with Crippen molar-refractivity contribution in [3.8, 4) is 11.3 Å². The van der Waals surface area contributed by atoms with Crippen molar-refractivity contribution in [2.24, 2.45) is 0 Å². The van der Waals surface area contributed by atoms with Crippen LogP contribution in [0.25, 0.3) is 16.9 Å². The lowest BCUT2D eigenvalue weighted by Gasteiger charge is -2.08. The normalized spacial score (nSPS) is 11.0. The van der Waals surface area contributed by atoms with Gasteiger partial charge in [0.1, 0.15) is 12.1 Å². The van der Waals surface area contributed by atoms with E-state index in [1.807, 2.05) is 0 Å². The van der Waals surface area contributed by atoms with E-state index in [-0.39, 0.29) is 23.8 Å². The van der Waals surface area contributed by atoms with Gasteiger partial charge in [0.25, 0.3) is 0 Å². The van der Waals surface area contributed by atoms with Gasteiger partial charge in [0.05, 0.1) is 18.0 Å². The van der Waals surface area contributed by atoms with Crippen molar-refractivity contribution < 1.29 is 19.0 Å². The standard InChI is InChI=1S/C15H12FN3O3/c1-22-7-11-6-12(9-2-4-10(16)5-3-9)18-14-13(15(20)21)17-8-19(11)14/h2-6,8H,7H2,1H3,(H,20,21). The monoisotopic (exact) mass is 301 g/mol. The number of methoxy groups -OCH3 is 1. The van der Waals surface area contributed by atoms with E-state index in [2.05, 4.69) is 9.97 Å². The number of hydrogen-bond donors (Lipinski definition) is 1. The van der Waals surface area contributed by atoms with Crippen molar-refractivity contribution >= 4 is 11.6 Å². The highest BCUT2D eigenvalue weighted by Gasteiger charge is 2.17. The van der Waals surface area contributed by atoms with Crippen LogP contribution in [0.4, 0.5) is 4.39 Å². The van der Waals surface area contributed by atoms with Crippen molar-refractivity contribution in [3.63, 3.8) is 0 Å². The van der Waals surface area contributed by atoms with Gasteiger partial charge in [-0.2, -0.15) is 0 Å². The van der Waals surface area contributed by atoms with E-state index in [4.69, 9.17) is 4.74 Å². The third kappa shape index (κ3) is 2.42. The fourth-order valence-electron chi connectivity index (χ4n) is 2.21. The highest BCUT2D eigenvalue weighted by molar-refractivity contribution is 5.92. The third-order valence-corrected chi connectivity index (χ3v) is 3.22. The van der Waals surface area contributed by atoms with E-state index in [1.54, 1.807) is 29.7 Å². The number of halogens is 1. The van der Waals surface area contributed by atoms with Crippen molar-refractivity contribution in [3.05, 3.63) is 53.9 Å². The Morgan fingerprint density at radius 3 is 2.73 bits per heavy atom. The molecule has 0 aliphatic carbocycles. The summed E-state index contributed by atoms with van der Waals surface area (Å²) in [5, 5.41) is 9.19. The van der Waals surface area contributed by atoms with Crippen LogP contribution < -0.4 is 0 Å². The molecule has 0 spiro atoms. The molecule has 1 aromatic carbocycles. The Balaban J connectivity index is 2.24. The van der Waals surface area contributed by atoms with Gasteiger partial charge in [0.2, 0.25) is 0 Å². The van der Waals surface area contributed by atoms with E-state index in [0.717, 1.165) is 0 Å². The Labute approximate surface area is 124 Å². The summed E-state index contributed by atoms with van der Waals surface area (Å²) < 4.78 is 19.7. The first-order chi connectivity index (χ1) is 10.6. The summed E-state index contributed by atoms with van der Waals surface area (Å²) in [7, 11) is 1.54. The molecule has 0 amide bonds. The predicted octanol–water partition coefficient (Wildman–Crippen LogP) is 2.38. The van der Waals surface area contributed by atoms with Crippen LogP contribution in [0.15, 0.2) is 36.7 Å². The average molecular weight is 301 g/mol. The van der Waals surface area contributed by atoms with E-state index in [9.17, 15) is 14.3 Å². The van der Waals surface area contributed by atoms with Gasteiger partial charge in [-0.25, -0.2) is 19.2 Å². The quantitative estimate of drug-likeness (QED) is 0.800. The summed E-state index contributed by atoms with van der Waals surface area (Å²) in [6.07, 6.45) is 1.40. The first-order valence-corrected chi connectivity index (χ1v) is 6.45. The van der Waals surface area contributed by atoms with Crippen LogP contribution in [0.1, 0.15) is 16.2 Å². The van der Waals surface area contributed by atoms with Gasteiger partial charge in [-0.15, -0.1) is 0 Å². The summed E-state index contributed by atoms with van der Waals surface area (Å²) in [5.74, 6) is -1.51. The molecule has 0 atom stereocenters. The van der Waals surface area contributed by atoms with Gasteiger partial charge in [0.15, 0.2) is 11.3 Å². The maximum atomic E-state index is 13.0. The molecule has 0 bridgehead atoms. The minimum absolute atomic E-state index is 0.138. The number of carboxylic acids is 1. The van der Waals surface area contributed by atoms with Crippen LogP contribution in [-0.4, -0.2) is 32.6 Å². The second-order valence-corrected chi connectivity index (χ2v) is 4.66. The average Bonchev–Trinajstić information content (AvgIpc) is 2.92. The lowest BCUT2D eigenvalue weighted by molar-refractivity contribution is 0.0693. The Hall–Kier alpha value is -2.80. The molecule has 0 radical (unpaired) electrons. The summed E-state index contributed by atoms with van der Waals surface area (Å²) in [5.41, 5.74) is 2.00. The van der Waals surface area contributed by atoms with Gasteiger partial charge in [-0.3, -0.25) is 4.40 Å². The zero-order valence-electron chi connectivity index (χ0n) is 11.7. The number of benzene rings is 1. The smallest absolute Gasteiger partial charge is 0.358 e. The highest BCUT2D eigenvalue weighted by atomic mass is 19.1. The fourth-order valence-corrected chi connectivity index (χ4v) is 2.21. The second kappa shape index (κ2) is 5.53. The summed E-state index contributed by atoms with van der Waals surface area (Å²) >= 11 is 0. The number of aromatic nitrogens is 3. The maximum Gasteiger partial charge on any atom is 0.358 e. The number of hydrogen-bond acceptors (Lipinski definition) is 4. The van der Waals surface area contributed by atoms with Crippen LogP contribution in [0.2, 0.25) is 0 Å². The first kappa shape index (κ1) is 14.2. The second-order valence-electron chi connectivity index (χ2n) is 4.66. The van der Waals surface area contributed by atoms with Crippen molar-refractivity contribution in [2.75, 3.05) is 7.11 Å². The zero-order valence-corrected chi connectivity index (χ0v) is 11.7. The van der Waals surface area contributed by atoms with Gasteiger partial charge in [0, 0.05) is 12.7 Å². The Kier molecular flexibility index (Phi) is 3.56. The van der Waals surface area contributed by atoms with Gasteiger partial charge < -0.3 is 9.84 Å². The molecule has 1 N–H and O–H groups in total. The van der Waals surface area contributed by atoms with Crippen LogP contribution in [0.3, 0.4) is 0 Å². The fraction of sp³-hybridized carbons (Fsp3) is 0.133. The molecule has 2 aromatic heterocycles. The molecule has 0 saturated carbocycles. The Morgan fingerprint density at radius 2 is 2.09 bits per heavy atom. The van der Waals surface area contributed by atoms with E-state index in [1.165, 1.54) is 18.5 Å². The molecule has 3 aromatic rings. The van der Waals surface area contributed by atoms with Crippen LogP contribution in [0.5, 0.6) is 0 Å². The number of nitrogens with zero attached hydrogens (tertiary/aromatic N) is 3. The molecule has 0 fully saturated rings. The van der Waals surface area contributed by atoms with E-state index >= 15 is 0 Å². The van der Waals surface area contributed by atoms with Gasteiger partial charge in [-0.1, -0.05) is 0 Å². The van der Waals surface area contributed by atoms with E-state index in [0.29, 0.717) is 17.0 Å². The topological polar surface area (TPSA) is 76.7 Å². The lowest BCUT2D eigenvalue weighted by Crippen LogP contribution is -2.04. The van der Waals surface area contributed by atoms with Crippen molar-refractivity contribution in [1.82, 2.24) is 14.4 Å². The number of imidazole rings is 1. The molecule has 0 unspecified atom stereocenters. The summed E-state index contributed by atoms with van der Waals surface area (Å²) in [4.78, 5) is 19.5. The summed E-state index contributed by atoms with van der Waals surface area (Å²) in [6, 6.07) is 7.58. The summed E-state index contributed by atoms with van der Waals surface area (Å²) in [6.45, 7) is 0.267. The zero-order chi connectivity index (χ0) is 15.7. The molecular weight excluding hydrogens is 289 g/mol. The lowest BCUT2D eigenvalue weighted by atomic mass is 10.1. The number of ether oxygens (including phenoxy) is 1. The van der Waals surface area contributed by atoms with Crippen molar-refractivity contribution in [1.29, 1.82) is 0 Å². The number of carbonyl (C=O) groups is 1. The molecule has 6 nitrogen and oxygen atoms in total. The maximum absolute atomic E-state index is 13.0. The minimum Gasteiger partial charge on any atom is -0.476 e. The number of carboxylic acid groups (broad SMARTS) is 1. The Bertz CT molecular complexity index is 843. The number of fused-ring (bicyclic) bond motifs is 1. The van der Waals surface area contributed by atoms with E-state index < -0.39 is 5.97 Å². The first-order valence-electron chi connectivity index (χ1n) is 6.45. The van der Waals surface area contributed by atoms with Gasteiger partial charge in [-0.05, 0) is 30.3 Å². The third-order valence-electron chi connectivity index (χ3n) is 3.22. The Morgan fingerprint density at radius 1 is 1.36 bits per heavy atom. The van der Waals surface area contributed by atoms with Crippen molar-refractivity contribution in [2.45, 2.75) is 6.61 Å².